The minimum Gasteiger partial charge on any atom is -0.496 e. The number of rotatable bonds is 5. The summed E-state index contributed by atoms with van der Waals surface area (Å²) in [5, 5.41) is 9.21. The number of benzene rings is 2. The Morgan fingerprint density at radius 3 is 2.46 bits per heavy atom. The third-order valence-electron chi connectivity index (χ3n) is 4.89. The van der Waals surface area contributed by atoms with Crippen LogP contribution < -0.4 is 4.74 Å². The van der Waals surface area contributed by atoms with Crippen LogP contribution in [-0.4, -0.2) is 36.2 Å². The summed E-state index contributed by atoms with van der Waals surface area (Å²) >= 11 is 0. The molecule has 2 aromatic rings. The number of carboxylic acids is 1. The molecule has 1 unspecified atom stereocenters. The highest BCUT2D eigenvalue weighted by Crippen LogP contribution is 2.37. The summed E-state index contributed by atoms with van der Waals surface area (Å²) in [6.07, 6.45) is 0.998. The number of carboxylic acid groups (broad SMARTS) is 1. The molecule has 3 rings (SSSR count). The quantitative estimate of drug-likeness (QED) is 0.879. The van der Waals surface area contributed by atoms with Crippen molar-refractivity contribution >= 4 is 5.97 Å². The van der Waals surface area contributed by atoms with Crippen molar-refractivity contribution < 1.29 is 23.4 Å². The van der Waals surface area contributed by atoms with E-state index < -0.39 is 17.8 Å². The first-order valence-corrected chi connectivity index (χ1v) is 8.55. The zero-order valence-electron chi connectivity index (χ0n) is 14.5. The van der Waals surface area contributed by atoms with E-state index in [4.69, 9.17) is 4.74 Å². The van der Waals surface area contributed by atoms with Gasteiger partial charge in [-0.1, -0.05) is 12.1 Å². The molecule has 1 atom stereocenters. The number of piperidine rings is 1. The van der Waals surface area contributed by atoms with Crippen molar-refractivity contribution in [2.24, 2.45) is 5.92 Å². The molecule has 0 aromatic heterocycles. The van der Waals surface area contributed by atoms with E-state index in [0.29, 0.717) is 42.8 Å². The SMILES string of the molecule is COc1ccc(F)cc1C(c1cccc(F)c1)N1CCC(C(=O)O)CC1. The molecule has 0 amide bonds. The fraction of sp³-hybridized carbons (Fsp3) is 0.350. The molecule has 0 spiro atoms. The van der Waals surface area contributed by atoms with E-state index in [1.807, 2.05) is 0 Å². The number of ether oxygens (including phenoxy) is 1. The predicted molar refractivity (Wildman–Crippen MR) is 93.1 cm³/mol. The van der Waals surface area contributed by atoms with E-state index in [1.165, 1.54) is 31.4 Å². The molecule has 0 bridgehead atoms. The van der Waals surface area contributed by atoms with Crippen LogP contribution in [0.4, 0.5) is 8.78 Å². The largest absolute Gasteiger partial charge is 0.496 e. The maximum absolute atomic E-state index is 13.9. The maximum atomic E-state index is 13.9. The van der Waals surface area contributed by atoms with Gasteiger partial charge in [-0.3, -0.25) is 9.69 Å². The zero-order valence-corrected chi connectivity index (χ0v) is 14.5. The molecule has 0 saturated carbocycles. The molecule has 1 fully saturated rings. The Balaban J connectivity index is 2.01. The summed E-state index contributed by atoms with van der Waals surface area (Å²) in [7, 11) is 1.51. The van der Waals surface area contributed by atoms with E-state index in [2.05, 4.69) is 4.90 Å². The van der Waals surface area contributed by atoms with Crippen LogP contribution in [0.15, 0.2) is 42.5 Å². The van der Waals surface area contributed by atoms with Gasteiger partial charge in [0.1, 0.15) is 17.4 Å². The summed E-state index contributed by atoms with van der Waals surface area (Å²) < 4.78 is 33.2. The van der Waals surface area contributed by atoms with Crippen molar-refractivity contribution in [3.8, 4) is 5.75 Å². The molecule has 1 heterocycles. The number of carbonyl (C=O) groups is 1. The molecule has 1 aliphatic heterocycles. The molecular weight excluding hydrogens is 340 g/mol. The molecule has 1 saturated heterocycles. The lowest BCUT2D eigenvalue weighted by atomic mass is 9.91. The van der Waals surface area contributed by atoms with Crippen LogP contribution in [0.2, 0.25) is 0 Å². The minimum atomic E-state index is -0.796. The van der Waals surface area contributed by atoms with Crippen molar-refractivity contribution in [1.82, 2.24) is 4.90 Å². The van der Waals surface area contributed by atoms with E-state index in [9.17, 15) is 18.7 Å². The number of aliphatic carboxylic acids is 1. The highest BCUT2D eigenvalue weighted by Gasteiger charge is 2.32. The van der Waals surface area contributed by atoms with Crippen molar-refractivity contribution in [3.63, 3.8) is 0 Å². The lowest BCUT2D eigenvalue weighted by molar-refractivity contribution is -0.143. The van der Waals surface area contributed by atoms with Gasteiger partial charge in [-0.2, -0.15) is 0 Å². The Hall–Kier alpha value is -2.47. The van der Waals surface area contributed by atoms with Crippen LogP contribution in [0.3, 0.4) is 0 Å². The Morgan fingerprint density at radius 2 is 1.85 bits per heavy atom. The van der Waals surface area contributed by atoms with Gasteiger partial charge in [-0.25, -0.2) is 8.78 Å². The third kappa shape index (κ3) is 3.85. The van der Waals surface area contributed by atoms with Gasteiger partial charge in [-0.15, -0.1) is 0 Å². The lowest BCUT2D eigenvalue weighted by Crippen LogP contribution is -2.39. The smallest absolute Gasteiger partial charge is 0.306 e. The summed E-state index contributed by atoms with van der Waals surface area (Å²) in [6, 6.07) is 10.1. The molecule has 2 aromatic carbocycles. The first-order valence-electron chi connectivity index (χ1n) is 8.55. The van der Waals surface area contributed by atoms with Crippen molar-refractivity contribution in [2.75, 3.05) is 20.2 Å². The van der Waals surface area contributed by atoms with Gasteiger partial charge in [0.25, 0.3) is 0 Å². The minimum absolute atomic E-state index is 0.372. The van der Waals surface area contributed by atoms with Crippen molar-refractivity contribution in [1.29, 1.82) is 0 Å². The molecule has 6 heteroatoms. The van der Waals surface area contributed by atoms with Gasteiger partial charge in [-0.05, 0) is 61.8 Å². The summed E-state index contributed by atoms with van der Waals surface area (Å²) in [5.74, 6) is -1.43. The highest BCUT2D eigenvalue weighted by molar-refractivity contribution is 5.70. The predicted octanol–water partition coefficient (Wildman–Crippen LogP) is 3.86. The fourth-order valence-corrected chi connectivity index (χ4v) is 3.59. The average molecular weight is 361 g/mol. The second-order valence-corrected chi connectivity index (χ2v) is 6.49. The number of likely N-dealkylation sites (tertiary alicyclic amines) is 1. The van der Waals surface area contributed by atoms with Crippen LogP contribution in [0.25, 0.3) is 0 Å². The van der Waals surface area contributed by atoms with E-state index in [1.54, 1.807) is 18.2 Å². The molecule has 0 aliphatic carbocycles. The standard InChI is InChI=1S/C20H21F2NO3/c1-26-18-6-5-16(22)12-17(18)19(14-3-2-4-15(21)11-14)23-9-7-13(8-10-23)20(24)25/h2-6,11-13,19H,7-10H2,1H3,(H,24,25). The Kier molecular flexibility index (Phi) is 5.52. The highest BCUT2D eigenvalue weighted by atomic mass is 19.1. The van der Waals surface area contributed by atoms with Crippen molar-refractivity contribution in [2.45, 2.75) is 18.9 Å². The third-order valence-corrected chi connectivity index (χ3v) is 4.89. The molecule has 1 aliphatic rings. The number of halogens is 2. The molecule has 1 N–H and O–H groups in total. The summed E-state index contributed by atoms with van der Waals surface area (Å²) in [4.78, 5) is 13.3. The molecule has 4 nitrogen and oxygen atoms in total. The molecular formula is C20H21F2NO3. The van der Waals surface area contributed by atoms with Gasteiger partial charge in [0, 0.05) is 5.56 Å². The molecule has 26 heavy (non-hydrogen) atoms. The summed E-state index contributed by atoms with van der Waals surface area (Å²) in [5.41, 5.74) is 1.29. The molecule has 0 radical (unpaired) electrons. The summed E-state index contributed by atoms with van der Waals surface area (Å²) in [6.45, 7) is 1.05. The van der Waals surface area contributed by atoms with Crippen LogP contribution >= 0.6 is 0 Å². The van der Waals surface area contributed by atoms with Crippen LogP contribution in [0, 0.1) is 17.6 Å². The second kappa shape index (κ2) is 7.83. The van der Waals surface area contributed by atoms with Gasteiger partial charge in [0.05, 0.1) is 19.1 Å². The first-order chi connectivity index (χ1) is 12.5. The van der Waals surface area contributed by atoms with Gasteiger partial charge >= 0.3 is 5.97 Å². The second-order valence-electron chi connectivity index (χ2n) is 6.49. The normalized spacial score (nSPS) is 17.0. The Labute approximate surface area is 151 Å². The van der Waals surface area contributed by atoms with Gasteiger partial charge in [0.15, 0.2) is 0 Å². The van der Waals surface area contributed by atoms with Crippen LogP contribution in [0.5, 0.6) is 5.75 Å². The topological polar surface area (TPSA) is 49.8 Å². The lowest BCUT2D eigenvalue weighted by Gasteiger charge is -2.37. The zero-order chi connectivity index (χ0) is 18.7. The fourth-order valence-electron chi connectivity index (χ4n) is 3.59. The number of nitrogens with zero attached hydrogens (tertiary/aromatic N) is 1. The Morgan fingerprint density at radius 1 is 1.15 bits per heavy atom. The van der Waals surface area contributed by atoms with E-state index in [-0.39, 0.29) is 11.7 Å². The monoisotopic (exact) mass is 361 g/mol. The van der Waals surface area contributed by atoms with Gasteiger partial charge < -0.3 is 9.84 Å². The first kappa shape index (κ1) is 18.3. The molecule has 138 valence electrons. The number of hydrogen-bond donors (Lipinski definition) is 1. The Bertz CT molecular complexity index is 788. The van der Waals surface area contributed by atoms with E-state index in [0.717, 1.165) is 0 Å². The van der Waals surface area contributed by atoms with E-state index >= 15 is 0 Å². The maximum Gasteiger partial charge on any atom is 0.306 e. The number of hydrogen-bond acceptors (Lipinski definition) is 3. The average Bonchev–Trinajstić information content (AvgIpc) is 2.63. The number of methoxy groups -OCH3 is 1. The van der Waals surface area contributed by atoms with Crippen LogP contribution in [0.1, 0.15) is 30.0 Å². The van der Waals surface area contributed by atoms with Crippen molar-refractivity contribution in [3.05, 3.63) is 65.2 Å². The van der Waals surface area contributed by atoms with Crippen LogP contribution in [-0.2, 0) is 4.79 Å². The van der Waals surface area contributed by atoms with Gasteiger partial charge in [0.2, 0.25) is 0 Å².